The lowest BCUT2D eigenvalue weighted by Gasteiger charge is -2.37. The van der Waals surface area contributed by atoms with E-state index in [1.807, 2.05) is 0 Å². The Labute approximate surface area is 128 Å². The summed E-state index contributed by atoms with van der Waals surface area (Å²) < 4.78 is 5.40. The quantitative estimate of drug-likeness (QED) is 0.835. The molecule has 0 N–H and O–H groups in total. The number of hydrogen-bond donors (Lipinski definition) is 0. The fraction of sp³-hybridized carbons (Fsp3) is 0.647. The molecule has 0 atom stereocenters. The van der Waals surface area contributed by atoms with Crippen LogP contribution in [0.5, 0.6) is 0 Å². The van der Waals surface area contributed by atoms with Crippen molar-refractivity contribution in [3.05, 3.63) is 29.8 Å². The Morgan fingerprint density at radius 3 is 2.00 bits per heavy atom. The molecular weight excluding hydrogens is 262 g/mol. The van der Waals surface area contributed by atoms with Crippen LogP contribution in [0, 0.1) is 6.92 Å². The van der Waals surface area contributed by atoms with Gasteiger partial charge in [0.1, 0.15) is 0 Å². The summed E-state index contributed by atoms with van der Waals surface area (Å²) in [6.45, 7) is 13.2. The highest BCUT2D eigenvalue weighted by atomic mass is 16.5. The van der Waals surface area contributed by atoms with E-state index in [0.29, 0.717) is 0 Å². The Kier molecular flexibility index (Phi) is 5.12. The molecule has 2 heterocycles. The second kappa shape index (κ2) is 7.25. The molecule has 3 rings (SSSR count). The van der Waals surface area contributed by atoms with Gasteiger partial charge in [0.05, 0.1) is 13.2 Å². The van der Waals surface area contributed by atoms with Gasteiger partial charge >= 0.3 is 0 Å². The predicted molar refractivity (Wildman–Crippen MR) is 87.1 cm³/mol. The van der Waals surface area contributed by atoms with Crippen molar-refractivity contribution in [1.82, 2.24) is 9.80 Å². The molecule has 0 unspecified atom stereocenters. The molecule has 1 aromatic rings. The van der Waals surface area contributed by atoms with E-state index in [-0.39, 0.29) is 0 Å². The van der Waals surface area contributed by atoms with Crippen molar-refractivity contribution in [3.8, 4) is 0 Å². The Balaban J connectivity index is 1.41. The smallest absolute Gasteiger partial charge is 0.0594 e. The van der Waals surface area contributed by atoms with E-state index >= 15 is 0 Å². The van der Waals surface area contributed by atoms with Crippen LogP contribution in [0.25, 0.3) is 0 Å². The number of nitrogens with zero attached hydrogens (tertiary/aromatic N) is 3. The summed E-state index contributed by atoms with van der Waals surface area (Å²) in [4.78, 5) is 7.63. The monoisotopic (exact) mass is 289 g/mol. The minimum Gasteiger partial charge on any atom is -0.379 e. The molecule has 116 valence electrons. The van der Waals surface area contributed by atoms with E-state index in [2.05, 4.69) is 45.9 Å². The molecule has 0 saturated carbocycles. The summed E-state index contributed by atoms with van der Waals surface area (Å²) in [6.07, 6.45) is 0. The topological polar surface area (TPSA) is 19.0 Å². The van der Waals surface area contributed by atoms with Gasteiger partial charge in [-0.3, -0.25) is 9.80 Å². The SMILES string of the molecule is Cc1ccc(N2CCN(CCN3CCOCC3)CC2)cc1. The molecule has 0 bridgehead atoms. The summed E-state index contributed by atoms with van der Waals surface area (Å²) in [5.41, 5.74) is 2.70. The van der Waals surface area contributed by atoms with Crippen LogP contribution in [0.4, 0.5) is 5.69 Å². The van der Waals surface area contributed by atoms with Gasteiger partial charge in [-0.1, -0.05) is 17.7 Å². The molecular formula is C17H27N3O. The van der Waals surface area contributed by atoms with Crippen LogP contribution in [0.2, 0.25) is 0 Å². The summed E-state index contributed by atoms with van der Waals surface area (Å²) in [5, 5.41) is 0. The van der Waals surface area contributed by atoms with Crippen LogP contribution in [0.1, 0.15) is 5.56 Å². The van der Waals surface area contributed by atoms with Crippen molar-refractivity contribution in [3.63, 3.8) is 0 Å². The fourth-order valence-corrected chi connectivity index (χ4v) is 3.09. The van der Waals surface area contributed by atoms with Crippen molar-refractivity contribution in [2.45, 2.75) is 6.92 Å². The summed E-state index contributed by atoms with van der Waals surface area (Å²) in [5.74, 6) is 0. The minimum atomic E-state index is 0.904. The van der Waals surface area contributed by atoms with Crippen molar-refractivity contribution in [1.29, 1.82) is 0 Å². The van der Waals surface area contributed by atoms with Gasteiger partial charge in [0.15, 0.2) is 0 Å². The van der Waals surface area contributed by atoms with Gasteiger partial charge < -0.3 is 9.64 Å². The standard InChI is InChI=1S/C17H27N3O/c1-16-2-4-17(5-3-16)20-10-8-18(9-11-20)6-7-19-12-14-21-15-13-19/h2-5H,6-15H2,1H3. The normalized spacial score (nSPS) is 21.7. The number of piperazine rings is 1. The molecule has 4 heteroatoms. The molecule has 2 fully saturated rings. The van der Waals surface area contributed by atoms with E-state index in [1.54, 1.807) is 0 Å². The predicted octanol–water partition coefficient (Wildman–Crippen LogP) is 1.45. The first kappa shape index (κ1) is 14.8. The van der Waals surface area contributed by atoms with Crippen LogP contribution in [-0.4, -0.2) is 75.4 Å². The van der Waals surface area contributed by atoms with E-state index in [0.717, 1.165) is 39.4 Å². The molecule has 0 amide bonds. The average Bonchev–Trinajstić information content (AvgIpc) is 2.55. The third kappa shape index (κ3) is 4.19. The van der Waals surface area contributed by atoms with Gasteiger partial charge in [0.2, 0.25) is 0 Å². The number of morpholine rings is 1. The van der Waals surface area contributed by atoms with E-state index in [1.165, 1.54) is 37.4 Å². The Morgan fingerprint density at radius 1 is 0.810 bits per heavy atom. The Bertz CT molecular complexity index is 420. The lowest BCUT2D eigenvalue weighted by Crippen LogP contribution is -2.49. The van der Waals surface area contributed by atoms with Gasteiger partial charge in [-0.25, -0.2) is 0 Å². The van der Waals surface area contributed by atoms with Gasteiger partial charge in [0, 0.05) is 58.0 Å². The highest BCUT2D eigenvalue weighted by Crippen LogP contribution is 2.17. The molecule has 0 aromatic heterocycles. The van der Waals surface area contributed by atoms with Crippen LogP contribution < -0.4 is 4.90 Å². The lowest BCUT2D eigenvalue weighted by atomic mass is 10.2. The number of benzene rings is 1. The molecule has 2 aliphatic rings. The van der Waals surface area contributed by atoms with E-state index in [4.69, 9.17) is 4.74 Å². The van der Waals surface area contributed by atoms with Crippen LogP contribution in [0.15, 0.2) is 24.3 Å². The number of aryl methyl sites for hydroxylation is 1. The first-order chi connectivity index (χ1) is 10.3. The van der Waals surface area contributed by atoms with Gasteiger partial charge in [0.25, 0.3) is 0 Å². The van der Waals surface area contributed by atoms with Crippen LogP contribution >= 0.6 is 0 Å². The molecule has 2 aliphatic heterocycles. The summed E-state index contributed by atoms with van der Waals surface area (Å²) in [7, 11) is 0. The maximum Gasteiger partial charge on any atom is 0.0594 e. The minimum absolute atomic E-state index is 0.904. The molecule has 2 saturated heterocycles. The zero-order chi connectivity index (χ0) is 14.5. The zero-order valence-corrected chi connectivity index (χ0v) is 13.1. The number of hydrogen-bond acceptors (Lipinski definition) is 4. The lowest BCUT2D eigenvalue weighted by molar-refractivity contribution is 0.0331. The highest BCUT2D eigenvalue weighted by Gasteiger charge is 2.18. The third-order valence-corrected chi connectivity index (χ3v) is 4.61. The first-order valence-electron chi connectivity index (χ1n) is 8.15. The summed E-state index contributed by atoms with van der Waals surface area (Å²) in [6, 6.07) is 8.91. The zero-order valence-electron chi connectivity index (χ0n) is 13.1. The van der Waals surface area contributed by atoms with Gasteiger partial charge in [-0.15, -0.1) is 0 Å². The molecule has 4 nitrogen and oxygen atoms in total. The number of ether oxygens (including phenoxy) is 1. The molecule has 0 spiro atoms. The molecule has 1 aromatic carbocycles. The maximum atomic E-state index is 5.40. The van der Waals surface area contributed by atoms with Crippen LogP contribution in [-0.2, 0) is 4.74 Å². The second-order valence-corrected chi connectivity index (χ2v) is 6.12. The van der Waals surface area contributed by atoms with Crippen molar-refractivity contribution in [2.75, 3.05) is 70.5 Å². The number of rotatable bonds is 4. The van der Waals surface area contributed by atoms with Crippen molar-refractivity contribution < 1.29 is 4.74 Å². The second-order valence-electron chi connectivity index (χ2n) is 6.12. The highest BCUT2D eigenvalue weighted by molar-refractivity contribution is 5.47. The largest absolute Gasteiger partial charge is 0.379 e. The number of anilines is 1. The van der Waals surface area contributed by atoms with Crippen molar-refractivity contribution >= 4 is 5.69 Å². The molecule has 0 radical (unpaired) electrons. The Hall–Kier alpha value is -1.10. The average molecular weight is 289 g/mol. The Morgan fingerprint density at radius 2 is 1.38 bits per heavy atom. The van der Waals surface area contributed by atoms with Gasteiger partial charge in [-0.2, -0.15) is 0 Å². The molecule has 0 aliphatic carbocycles. The van der Waals surface area contributed by atoms with E-state index < -0.39 is 0 Å². The third-order valence-electron chi connectivity index (χ3n) is 4.61. The summed E-state index contributed by atoms with van der Waals surface area (Å²) >= 11 is 0. The van der Waals surface area contributed by atoms with Gasteiger partial charge in [-0.05, 0) is 19.1 Å². The van der Waals surface area contributed by atoms with E-state index in [9.17, 15) is 0 Å². The van der Waals surface area contributed by atoms with Crippen molar-refractivity contribution in [2.24, 2.45) is 0 Å². The van der Waals surface area contributed by atoms with Crippen LogP contribution in [0.3, 0.4) is 0 Å². The maximum absolute atomic E-state index is 5.40. The first-order valence-corrected chi connectivity index (χ1v) is 8.15. The fourth-order valence-electron chi connectivity index (χ4n) is 3.09. The molecule has 21 heavy (non-hydrogen) atoms.